The van der Waals surface area contributed by atoms with Crippen LogP contribution in [0.2, 0.25) is 0 Å². The molecular formula is C15H22FNO2S. The molecule has 5 heteroatoms. The third kappa shape index (κ3) is 3.20. The van der Waals surface area contributed by atoms with Crippen molar-refractivity contribution in [3.05, 3.63) is 29.1 Å². The Morgan fingerprint density at radius 2 is 2.05 bits per heavy atom. The Bertz CT molecular complexity index is 525. The van der Waals surface area contributed by atoms with Gasteiger partial charge in [-0.3, -0.25) is 0 Å². The Morgan fingerprint density at radius 3 is 2.70 bits per heavy atom. The molecule has 0 aliphatic heterocycles. The van der Waals surface area contributed by atoms with Gasteiger partial charge in [0.1, 0.15) is 0 Å². The molecule has 2 rings (SSSR count). The fraction of sp³-hybridized carbons (Fsp3) is 0.600. The van der Waals surface area contributed by atoms with E-state index < -0.39 is 16.8 Å². The predicted molar refractivity (Wildman–Crippen MR) is 79.4 cm³/mol. The lowest BCUT2D eigenvalue weighted by molar-refractivity contribution is 0.427. The second-order valence-corrected chi connectivity index (χ2v) is 8.26. The van der Waals surface area contributed by atoms with Crippen LogP contribution in [0.3, 0.4) is 0 Å². The molecule has 0 amide bonds. The van der Waals surface area contributed by atoms with Crippen molar-refractivity contribution in [2.24, 2.45) is 0 Å². The van der Waals surface area contributed by atoms with Crippen molar-refractivity contribution in [3.63, 3.8) is 0 Å². The molecule has 2 N–H and O–H groups in total. The Kier molecular flexibility index (Phi) is 4.49. The Labute approximate surface area is 122 Å². The van der Waals surface area contributed by atoms with Gasteiger partial charge in [0.05, 0.1) is 15.7 Å². The number of aromatic hydroxyl groups is 1. The molecule has 1 aromatic rings. The topological polar surface area (TPSA) is 49.3 Å². The van der Waals surface area contributed by atoms with Gasteiger partial charge in [0.15, 0.2) is 11.6 Å². The van der Waals surface area contributed by atoms with E-state index in [0.717, 1.165) is 24.8 Å². The zero-order valence-corrected chi connectivity index (χ0v) is 13.0. The molecular weight excluding hydrogens is 277 g/mol. The molecule has 0 radical (unpaired) electrons. The molecule has 0 fully saturated rings. The van der Waals surface area contributed by atoms with Crippen LogP contribution < -0.4 is 4.72 Å². The van der Waals surface area contributed by atoms with E-state index in [1.54, 1.807) is 6.07 Å². The third-order valence-electron chi connectivity index (χ3n) is 3.61. The van der Waals surface area contributed by atoms with Crippen LogP contribution in [0.5, 0.6) is 5.75 Å². The standard InChI is InChI=1S/C15H22FNO2S/c1-15(2,3)20(19)17-12-7-5-4-6-11-10(12)8-9-13(18)14(11)16/h8-9,12,17-18H,4-7H2,1-3H3/t12-,20?/m1/s1. The van der Waals surface area contributed by atoms with Crippen molar-refractivity contribution >= 4 is 11.0 Å². The molecule has 0 saturated carbocycles. The molecule has 0 spiro atoms. The van der Waals surface area contributed by atoms with Crippen LogP contribution in [0.25, 0.3) is 0 Å². The number of phenolic OH excluding ortho intramolecular Hbond substituents is 1. The molecule has 1 aromatic carbocycles. The number of rotatable bonds is 2. The predicted octanol–water partition coefficient (Wildman–Crippen LogP) is 3.35. The summed E-state index contributed by atoms with van der Waals surface area (Å²) in [5.74, 6) is -0.834. The zero-order chi connectivity index (χ0) is 14.9. The summed E-state index contributed by atoms with van der Waals surface area (Å²) in [7, 11) is -1.20. The summed E-state index contributed by atoms with van der Waals surface area (Å²) in [6, 6.07) is 3.01. The summed E-state index contributed by atoms with van der Waals surface area (Å²) in [6.07, 6.45) is 3.29. The monoisotopic (exact) mass is 299 g/mol. The molecule has 2 atom stereocenters. The van der Waals surface area contributed by atoms with Gasteiger partial charge in [0.25, 0.3) is 0 Å². The van der Waals surface area contributed by atoms with Gasteiger partial charge in [-0.25, -0.2) is 13.3 Å². The minimum atomic E-state index is -1.20. The van der Waals surface area contributed by atoms with Crippen LogP contribution in [-0.2, 0) is 17.4 Å². The Hall–Kier alpha value is -0.940. The van der Waals surface area contributed by atoms with E-state index in [1.807, 2.05) is 20.8 Å². The SMILES string of the molecule is CC(C)(C)S(=O)N[C@@H]1CCCCc2c1ccc(O)c2F. The summed E-state index contributed by atoms with van der Waals surface area (Å²) in [4.78, 5) is 0. The van der Waals surface area contributed by atoms with Gasteiger partial charge < -0.3 is 5.11 Å². The van der Waals surface area contributed by atoms with Gasteiger partial charge in [-0.05, 0) is 57.2 Å². The third-order valence-corrected chi connectivity index (χ3v) is 5.22. The van der Waals surface area contributed by atoms with E-state index in [2.05, 4.69) is 4.72 Å². The van der Waals surface area contributed by atoms with Crippen LogP contribution in [0, 0.1) is 5.82 Å². The molecule has 1 unspecified atom stereocenters. The average molecular weight is 299 g/mol. The highest BCUT2D eigenvalue weighted by molar-refractivity contribution is 7.84. The van der Waals surface area contributed by atoms with Crippen LogP contribution >= 0.6 is 0 Å². The van der Waals surface area contributed by atoms with E-state index in [4.69, 9.17) is 0 Å². The first-order valence-electron chi connectivity index (χ1n) is 6.99. The molecule has 3 nitrogen and oxygen atoms in total. The summed E-state index contributed by atoms with van der Waals surface area (Å²) in [6.45, 7) is 5.72. The molecule has 0 saturated heterocycles. The Morgan fingerprint density at radius 1 is 1.35 bits per heavy atom. The smallest absolute Gasteiger partial charge is 0.168 e. The van der Waals surface area contributed by atoms with Crippen molar-refractivity contribution < 1.29 is 13.7 Å². The fourth-order valence-electron chi connectivity index (χ4n) is 2.44. The highest BCUT2D eigenvalue weighted by Gasteiger charge is 2.27. The number of fused-ring (bicyclic) bond motifs is 1. The van der Waals surface area contributed by atoms with Gasteiger partial charge in [-0.1, -0.05) is 12.5 Å². The first-order chi connectivity index (χ1) is 9.30. The number of benzene rings is 1. The van der Waals surface area contributed by atoms with Crippen molar-refractivity contribution in [1.82, 2.24) is 4.72 Å². The van der Waals surface area contributed by atoms with Gasteiger partial charge in [-0.2, -0.15) is 0 Å². The summed E-state index contributed by atoms with van der Waals surface area (Å²) in [5, 5.41) is 9.51. The van der Waals surface area contributed by atoms with E-state index >= 15 is 0 Å². The minimum Gasteiger partial charge on any atom is -0.505 e. The lowest BCUT2D eigenvalue weighted by Crippen LogP contribution is -2.35. The van der Waals surface area contributed by atoms with E-state index in [1.165, 1.54) is 6.07 Å². The van der Waals surface area contributed by atoms with Crippen molar-refractivity contribution in [3.8, 4) is 5.75 Å². The number of nitrogens with one attached hydrogen (secondary N) is 1. The highest BCUT2D eigenvalue weighted by Crippen LogP contribution is 2.34. The maximum atomic E-state index is 14.1. The lowest BCUT2D eigenvalue weighted by atomic mass is 9.99. The second kappa shape index (κ2) is 5.82. The van der Waals surface area contributed by atoms with Crippen LogP contribution in [-0.4, -0.2) is 14.1 Å². The maximum Gasteiger partial charge on any atom is 0.168 e. The second-order valence-electron chi connectivity index (χ2n) is 6.26. The van der Waals surface area contributed by atoms with Crippen molar-refractivity contribution in [2.75, 3.05) is 0 Å². The van der Waals surface area contributed by atoms with Gasteiger partial charge in [0.2, 0.25) is 0 Å². The Balaban J connectivity index is 2.33. The number of hydrogen-bond donors (Lipinski definition) is 2. The van der Waals surface area contributed by atoms with E-state index in [-0.39, 0.29) is 16.5 Å². The van der Waals surface area contributed by atoms with Gasteiger partial charge in [0, 0.05) is 6.04 Å². The summed E-state index contributed by atoms with van der Waals surface area (Å²) >= 11 is 0. The zero-order valence-electron chi connectivity index (χ0n) is 12.2. The first kappa shape index (κ1) is 15.4. The van der Waals surface area contributed by atoms with E-state index in [9.17, 15) is 13.7 Å². The van der Waals surface area contributed by atoms with Crippen LogP contribution in [0.4, 0.5) is 4.39 Å². The lowest BCUT2D eigenvalue weighted by Gasteiger charge is -2.25. The van der Waals surface area contributed by atoms with Gasteiger partial charge in [-0.15, -0.1) is 0 Å². The summed E-state index contributed by atoms with van der Waals surface area (Å²) in [5.41, 5.74) is 1.39. The van der Waals surface area contributed by atoms with E-state index in [0.29, 0.717) is 12.0 Å². The number of halogens is 1. The normalized spacial score (nSPS) is 21.1. The summed E-state index contributed by atoms with van der Waals surface area (Å²) < 4.78 is 29.1. The van der Waals surface area contributed by atoms with Crippen molar-refractivity contribution in [2.45, 2.75) is 57.2 Å². The maximum absolute atomic E-state index is 14.1. The minimum absolute atomic E-state index is 0.123. The number of phenols is 1. The molecule has 20 heavy (non-hydrogen) atoms. The molecule has 112 valence electrons. The number of hydrogen-bond acceptors (Lipinski definition) is 2. The van der Waals surface area contributed by atoms with Crippen molar-refractivity contribution in [1.29, 1.82) is 0 Å². The molecule has 0 heterocycles. The van der Waals surface area contributed by atoms with Crippen LogP contribution in [0.1, 0.15) is 57.2 Å². The quantitative estimate of drug-likeness (QED) is 0.823. The van der Waals surface area contributed by atoms with Gasteiger partial charge >= 0.3 is 0 Å². The highest BCUT2D eigenvalue weighted by atomic mass is 32.2. The fourth-order valence-corrected chi connectivity index (χ4v) is 3.30. The molecule has 0 aromatic heterocycles. The molecule has 1 aliphatic rings. The van der Waals surface area contributed by atoms with Crippen LogP contribution in [0.15, 0.2) is 12.1 Å². The molecule has 1 aliphatic carbocycles. The largest absolute Gasteiger partial charge is 0.505 e. The first-order valence-corrected chi connectivity index (χ1v) is 8.14. The molecule has 0 bridgehead atoms. The average Bonchev–Trinajstić information content (AvgIpc) is 2.56.